The van der Waals surface area contributed by atoms with Crippen LogP contribution in [0.5, 0.6) is 0 Å². The average Bonchev–Trinajstić information content (AvgIpc) is 2.24. The predicted octanol–water partition coefficient (Wildman–Crippen LogP) is 1.01. The highest BCUT2D eigenvalue weighted by atomic mass is 32.2. The second kappa shape index (κ2) is 6.87. The maximum absolute atomic E-state index is 11.7. The van der Waals surface area contributed by atoms with Crippen molar-refractivity contribution < 1.29 is 18.9 Å². The molecule has 0 aliphatic carbocycles. The Morgan fingerprint density at radius 3 is 2.17 bits per heavy atom. The van der Waals surface area contributed by atoms with Crippen molar-refractivity contribution in [3.05, 3.63) is 0 Å². The van der Waals surface area contributed by atoms with Gasteiger partial charge in [0.25, 0.3) is 0 Å². The summed E-state index contributed by atoms with van der Waals surface area (Å²) in [7, 11) is -0.998. The predicted molar refractivity (Wildman–Crippen MR) is 71.7 cm³/mol. The molecule has 2 N–H and O–H groups in total. The fraction of sp³-hybridized carbons (Fsp3) is 0.833. The van der Waals surface area contributed by atoms with Gasteiger partial charge >= 0.3 is 5.97 Å². The standard InChI is InChI=1S/C12H23NO4S/c1-8(2)12(4,11(15)16)6-10(14)13-7-9(3)18(5)17/h8-9H,6-7H2,1-5H3,(H,13,14)(H,15,16). The Hall–Kier alpha value is -0.910. The number of carbonyl (C=O) groups excluding carboxylic acids is 1. The van der Waals surface area contributed by atoms with Crippen molar-refractivity contribution in [3.63, 3.8) is 0 Å². The monoisotopic (exact) mass is 277 g/mol. The molecule has 3 atom stereocenters. The summed E-state index contributed by atoms with van der Waals surface area (Å²) in [5, 5.41) is 11.7. The maximum atomic E-state index is 11.7. The van der Waals surface area contributed by atoms with E-state index in [1.54, 1.807) is 34.0 Å². The van der Waals surface area contributed by atoms with Gasteiger partial charge < -0.3 is 10.4 Å². The summed E-state index contributed by atoms with van der Waals surface area (Å²) in [6.45, 7) is 7.21. The van der Waals surface area contributed by atoms with Gasteiger partial charge in [0.1, 0.15) is 0 Å². The first-order valence-electron chi connectivity index (χ1n) is 5.93. The number of carboxylic acids is 1. The Kier molecular flexibility index (Phi) is 6.52. The van der Waals surface area contributed by atoms with Crippen LogP contribution in [0.1, 0.15) is 34.1 Å². The van der Waals surface area contributed by atoms with Crippen LogP contribution in [0.4, 0.5) is 0 Å². The molecule has 0 bridgehead atoms. The van der Waals surface area contributed by atoms with Crippen LogP contribution in [0.3, 0.4) is 0 Å². The molecule has 0 fully saturated rings. The molecule has 0 aromatic heterocycles. The molecule has 1 amide bonds. The number of carboxylic acid groups (broad SMARTS) is 1. The fourth-order valence-corrected chi connectivity index (χ4v) is 1.62. The maximum Gasteiger partial charge on any atom is 0.310 e. The molecule has 18 heavy (non-hydrogen) atoms. The van der Waals surface area contributed by atoms with E-state index in [1.165, 1.54) is 0 Å². The van der Waals surface area contributed by atoms with Crippen LogP contribution in [-0.2, 0) is 20.4 Å². The van der Waals surface area contributed by atoms with E-state index in [4.69, 9.17) is 0 Å². The van der Waals surface area contributed by atoms with Crippen molar-refractivity contribution in [2.24, 2.45) is 11.3 Å². The lowest BCUT2D eigenvalue weighted by molar-refractivity contribution is -0.153. The van der Waals surface area contributed by atoms with Crippen molar-refractivity contribution in [1.29, 1.82) is 0 Å². The third kappa shape index (κ3) is 4.76. The van der Waals surface area contributed by atoms with Crippen molar-refractivity contribution >= 4 is 22.7 Å². The van der Waals surface area contributed by atoms with Gasteiger partial charge in [0, 0.05) is 35.3 Å². The summed E-state index contributed by atoms with van der Waals surface area (Å²) in [4.78, 5) is 22.9. The lowest BCUT2D eigenvalue weighted by Gasteiger charge is -2.28. The number of hydrogen-bond donors (Lipinski definition) is 2. The molecule has 0 heterocycles. The third-order valence-electron chi connectivity index (χ3n) is 3.44. The lowest BCUT2D eigenvalue weighted by atomic mass is 9.76. The second-order valence-corrected chi connectivity index (χ2v) is 6.97. The van der Waals surface area contributed by atoms with Gasteiger partial charge in [0.05, 0.1) is 5.41 Å². The number of aliphatic carboxylic acids is 1. The quantitative estimate of drug-likeness (QED) is 0.727. The van der Waals surface area contributed by atoms with Crippen LogP contribution in [0, 0.1) is 11.3 Å². The number of nitrogens with one attached hydrogen (secondary N) is 1. The molecule has 0 saturated heterocycles. The van der Waals surface area contributed by atoms with E-state index < -0.39 is 22.2 Å². The summed E-state index contributed by atoms with van der Waals surface area (Å²) in [6.07, 6.45) is 1.51. The van der Waals surface area contributed by atoms with E-state index in [1.807, 2.05) is 0 Å². The van der Waals surface area contributed by atoms with E-state index in [9.17, 15) is 18.9 Å². The van der Waals surface area contributed by atoms with Gasteiger partial charge in [-0.2, -0.15) is 0 Å². The Morgan fingerprint density at radius 1 is 1.33 bits per heavy atom. The molecule has 0 saturated carbocycles. The molecular weight excluding hydrogens is 254 g/mol. The SMILES string of the molecule is CC(CNC(=O)CC(C)(C(=O)O)C(C)C)S(C)=O. The van der Waals surface area contributed by atoms with Gasteiger partial charge in [0.15, 0.2) is 0 Å². The summed E-state index contributed by atoms with van der Waals surface area (Å²) < 4.78 is 11.1. The van der Waals surface area contributed by atoms with Crippen LogP contribution in [0.2, 0.25) is 0 Å². The zero-order chi connectivity index (χ0) is 14.5. The van der Waals surface area contributed by atoms with Crippen LogP contribution in [0.15, 0.2) is 0 Å². The first kappa shape index (κ1) is 17.1. The summed E-state index contributed by atoms with van der Waals surface area (Å²) in [5.74, 6) is -1.43. The molecule has 0 aromatic carbocycles. The second-order valence-electron chi connectivity index (χ2n) is 5.17. The van der Waals surface area contributed by atoms with Crippen molar-refractivity contribution in [3.8, 4) is 0 Å². The summed E-state index contributed by atoms with van der Waals surface area (Å²) in [6, 6.07) is 0. The summed E-state index contributed by atoms with van der Waals surface area (Å²) in [5.41, 5.74) is -1.07. The molecule has 5 nitrogen and oxygen atoms in total. The topological polar surface area (TPSA) is 83.5 Å². The Balaban J connectivity index is 4.46. The molecule has 0 aliphatic rings. The highest BCUT2D eigenvalue weighted by molar-refractivity contribution is 7.84. The molecule has 0 rings (SSSR count). The minimum absolute atomic E-state index is 0.0664. The van der Waals surface area contributed by atoms with Crippen LogP contribution < -0.4 is 5.32 Å². The molecule has 0 radical (unpaired) electrons. The highest BCUT2D eigenvalue weighted by Crippen LogP contribution is 2.31. The Labute approximate surface area is 111 Å². The van der Waals surface area contributed by atoms with E-state index in [2.05, 4.69) is 5.32 Å². The van der Waals surface area contributed by atoms with Crippen molar-refractivity contribution in [2.45, 2.75) is 39.4 Å². The lowest BCUT2D eigenvalue weighted by Crippen LogP contribution is -2.41. The van der Waals surface area contributed by atoms with Crippen LogP contribution in [-0.4, -0.2) is 39.2 Å². The van der Waals surface area contributed by atoms with E-state index >= 15 is 0 Å². The molecule has 0 aliphatic heterocycles. The Morgan fingerprint density at radius 2 is 1.83 bits per heavy atom. The van der Waals surface area contributed by atoms with Crippen LogP contribution in [0.25, 0.3) is 0 Å². The van der Waals surface area contributed by atoms with E-state index in [0.717, 1.165) is 0 Å². The largest absolute Gasteiger partial charge is 0.481 e. The zero-order valence-electron chi connectivity index (χ0n) is 11.6. The molecule has 3 unspecified atom stereocenters. The fourth-order valence-electron chi connectivity index (χ4n) is 1.30. The minimum atomic E-state index is -1.07. The zero-order valence-corrected chi connectivity index (χ0v) is 12.5. The van der Waals surface area contributed by atoms with E-state index in [0.29, 0.717) is 6.54 Å². The molecular formula is C12H23NO4S. The minimum Gasteiger partial charge on any atom is -0.481 e. The van der Waals surface area contributed by atoms with E-state index in [-0.39, 0.29) is 23.5 Å². The number of hydrogen-bond acceptors (Lipinski definition) is 3. The summed E-state index contributed by atoms with van der Waals surface area (Å²) >= 11 is 0. The normalized spacial score (nSPS) is 17.9. The van der Waals surface area contributed by atoms with Gasteiger partial charge in [-0.3, -0.25) is 13.8 Å². The molecule has 6 heteroatoms. The highest BCUT2D eigenvalue weighted by Gasteiger charge is 2.38. The van der Waals surface area contributed by atoms with Crippen molar-refractivity contribution in [1.82, 2.24) is 5.32 Å². The smallest absolute Gasteiger partial charge is 0.310 e. The van der Waals surface area contributed by atoms with Gasteiger partial charge in [-0.05, 0) is 19.8 Å². The average molecular weight is 277 g/mol. The first-order valence-corrected chi connectivity index (χ1v) is 7.55. The first-order chi connectivity index (χ1) is 8.11. The number of rotatable bonds is 7. The van der Waals surface area contributed by atoms with Gasteiger partial charge in [0.2, 0.25) is 5.91 Å². The molecule has 106 valence electrons. The van der Waals surface area contributed by atoms with Gasteiger partial charge in [-0.15, -0.1) is 0 Å². The third-order valence-corrected chi connectivity index (χ3v) is 4.74. The van der Waals surface area contributed by atoms with Gasteiger partial charge in [-0.1, -0.05) is 13.8 Å². The van der Waals surface area contributed by atoms with Crippen molar-refractivity contribution in [2.75, 3.05) is 12.8 Å². The number of carbonyl (C=O) groups is 2. The molecule has 0 spiro atoms. The van der Waals surface area contributed by atoms with Gasteiger partial charge in [-0.25, -0.2) is 0 Å². The number of amides is 1. The molecule has 0 aromatic rings. The van der Waals surface area contributed by atoms with Crippen LogP contribution >= 0.6 is 0 Å². The Bertz CT molecular complexity index is 343.